The highest BCUT2D eigenvalue weighted by Gasteiger charge is 2.06. The number of aromatic nitrogens is 1. The molecule has 0 aromatic carbocycles. The van der Waals surface area contributed by atoms with Crippen molar-refractivity contribution >= 4 is 17.9 Å². The van der Waals surface area contributed by atoms with Gasteiger partial charge in [-0.15, -0.1) is 0 Å². The standard InChI is InChI=1S/C14H16N2O3/c1-11-13(7-4-8-15-11)16(2)9-5-6-12(10-17)14(18)19-3/h4-10H,1-3H3/b9-5-,12-6+. The van der Waals surface area contributed by atoms with Crippen LogP contribution in [0, 0.1) is 6.92 Å². The summed E-state index contributed by atoms with van der Waals surface area (Å²) in [5.41, 5.74) is 1.80. The quantitative estimate of drug-likeness (QED) is 0.201. The lowest BCUT2D eigenvalue weighted by Gasteiger charge is -2.15. The summed E-state index contributed by atoms with van der Waals surface area (Å²) >= 11 is 0. The maximum atomic E-state index is 11.2. The molecule has 0 spiro atoms. The third kappa shape index (κ3) is 4.06. The van der Waals surface area contributed by atoms with Crippen LogP contribution in [-0.4, -0.2) is 31.4 Å². The molecule has 100 valence electrons. The van der Waals surface area contributed by atoms with E-state index in [0.29, 0.717) is 6.29 Å². The maximum absolute atomic E-state index is 11.2. The van der Waals surface area contributed by atoms with Gasteiger partial charge in [0.2, 0.25) is 0 Å². The van der Waals surface area contributed by atoms with Crippen LogP contribution in [0.1, 0.15) is 5.69 Å². The summed E-state index contributed by atoms with van der Waals surface area (Å²) in [5.74, 6) is -0.653. The minimum atomic E-state index is -0.653. The van der Waals surface area contributed by atoms with Gasteiger partial charge in [-0.25, -0.2) is 4.79 Å². The van der Waals surface area contributed by atoms with E-state index in [9.17, 15) is 9.59 Å². The molecule has 0 aliphatic carbocycles. The van der Waals surface area contributed by atoms with E-state index in [-0.39, 0.29) is 5.57 Å². The first-order chi connectivity index (χ1) is 9.10. The fraction of sp³-hybridized carbons (Fsp3) is 0.214. The second-order valence-corrected chi connectivity index (χ2v) is 3.79. The average Bonchev–Trinajstić information content (AvgIpc) is 2.43. The number of rotatable bonds is 5. The summed E-state index contributed by atoms with van der Waals surface area (Å²) < 4.78 is 4.47. The van der Waals surface area contributed by atoms with Gasteiger partial charge in [0.05, 0.1) is 24.1 Å². The molecular weight excluding hydrogens is 244 g/mol. The zero-order valence-corrected chi connectivity index (χ0v) is 11.2. The van der Waals surface area contributed by atoms with Gasteiger partial charge in [-0.3, -0.25) is 9.78 Å². The largest absolute Gasteiger partial charge is 0.465 e. The number of hydrogen-bond donors (Lipinski definition) is 0. The van der Waals surface area contributed by atoms with Crippen LogP contribution >= 0.6 is 0 Å². The van der Waals surface area contributed by atoms with Crippen LogP contribution in [0.2, 0.25) is 0 Å². The highest BCUT2D eigenvalue weighted by molar-refractivity contribution is 6.07. The van der Waals surface area contributed by atoms with Gasteiger partial charge in [0, 0.05) is 19.4 Å². The molecule has 5 heteroatoms. The molecule has 0 atom stereocenters. The Kier molecular flexibility index (Phi) is 5.47. The SMILES string of the molecule is COC(=O)/C(C=O)=C/C=C\N(C)c1cccnc1C. The van der Waals surface area contributed by atoms with Crippen molar-refractivity contribution < 1.29 is 14.3 Å². The van der Waals surface area contributed by atoms with E-state index in [1.807, 2.05) is 31.0 Å². The Bertz CT molecular complexity index is 521. The van der Waals surface area contributed by atoms with Crippen LogP contribution in [0.5, 0.6) is 0 Å². The Hall–Kier alpha value is -2.43. The summed E-state index contributed by atoms with van der Waals surface area (Å²) in [6, 6.07) is 3.77. The van der Waals surface area contributed by atoms with Crippen LogP contribution in [0.3, 0.4) is 0 Å². The number of aldehydes is 1. The number of pyridine rings is 1. The number of ether oxygens (including phenoxy) is 1. The van der Waals surface area contributed by atoms with Gasteiger partial charge in [0.15, 0.2) is 6.29 Å². The first-order valence-corrected chi connectivity index (χ1v) is 5.66. The Labute approximate surface area is 112 Å². The number of hydrogen-bond acceptors (Lipinski definition) is 5. The number of aryl methyl sites for hydroxylation is 1. The second-order valence-electron chi connectivity index (χ2n) is 3.79. The molecule has 1 aromatic rings. The number of allylic oxidation sites excluding steroid dienone is 2. The molecule has 19 heavy (non-hydrogen) atoms. The molecule has 0 N–H and O–H groups in total. The first-order valence-electron chi connectivity index (χ1n) is 5.66. The zero-order valence-electron chi connectivity index (χ0n) is 11.2. The van der Waals surface area contributed by atoms with Crippen molar-refractivity contribution in [3.8, 4) is 0 Å². The molecule has 0 radical (unpaired) electrons. The first kappa shape index (κ1) is 14.6. The van der Waals surface area contributed by atoms with Crippen LogP contribution < -0.4 is 4.90 Å². The summed E-state index contributed by atoms with van der Waals surface area (Å²) in [7, 11) is 3.08. The molecule has 0 aliphatic rings. The predicted molar refractivity (Wildman–Crippen MR) is 72.7 cm³/mol. The smallest absolute Gasteiger partial charge is 0.341 e. The Balaban J connectivity index is 2.82. The number of anilines is 1. The van der Waals surface area contributed by atoms with Crippen LogP contribution in [0.25, 0.3) is 0 Å². The molecule has 0 aliphatic heterocycles. The van der Waals surface area contributed by atoms with Gasteiger partial charge < -0.3 is 9.64 Å². The molecule has 1 heterocycles. The lowest BCUT2D eigenvalue weighted by atomic mass is 10.2. The summed E-state index contributed by atoms with van der Waals surface area (Å²) in [4.78, 5) is 27.9. The van der Waals surface area contributed by atoms with Gasteiger partial charge in [0.1, 0.15) is 0 Å². The van der Waals surface area contributed by atoms with E-state index in [4.69, 9.17) is 0 Å². The van der Waals surface area contributed by atoms with Crippen molar-refractivity contribution in [1.29, 1.82) is 0 Å². The monoisotopic (exact) mass is 260 g/mol. The van der Waals surface area contributed by atoms with Gasteiger partial charge in [0.25, 0.3) is 0 Å². The van der Waals surface area contributed by atoms with Crippen LogP contribution in [0.15, 0.2) is 42.3 Å². The van der Waals surface area contributed by atoms with Gasteiger partial charge in [-0.05, 0) is 31.2 Å². The highest BCUT2D eigenvalue weighted by Crippen LogP contribution is 2.15. The third-order valence-corrected chi connectivity index (χ3v) is 2.49. The Morgan fingerprint density at radius 1 is 1.47 bits per heavy atom. The maximum Gasteiger partial charge on any atom is 0.341 e. The zero-order chi connectivity index (χ0) is 14.3. The van der Waals surface area contributed by atoms with Crippen molar-refractivity contribution in [2.24, 2.45) is 0 Å². The minimum Gasteiger partial charge on any atom is -0.465 e. The molecule has 5 nitrogen and oxygen atoms in total. The lowest BCUT2D eigenvalue weighted by molar-refractivity contribution is -0.136. The summed E-state index contributed by atoms with van der Waals surface area (Å²) in [6.45, 7) is 1.90. The third-order valence-electron chi connectivity index (χ3n) is 2.49. The summed E-state index contributed by atoms with van der Waals surface area (Å²) in [6.07, 6.45) is 6.92. The molecule has 0 saturated heterocycles. The van der Waals surface area contributed by atoms with Crippen LogP contribution in [0.4, 0.5) is 5.69 Å². The van der Waals surface area contributed by atoms with Crippen molar-refractivity contribution in [3.05, 3.63) is 47.9 Å². The number of esters is 1. The molecule has 1 aromatic heterocycles. The molecular formula is C14H16N2O3. The highest BCUT2D eigenvalue weighted by atomic mass is 16.5. The molecule has 0 amide bonds. The predicted octanol–water partition coefficient (Wildman–Crippen LogP) is 1.64. The Morgan fingerprint density at radius 2 is 2.21 bits per heavy atom. The van der Waals surface area contributed by atoms with E-state index in [0.717, 1.165) is 11.4 Å². The molecule has 0 unspecified atom stereocenters. The minimum absolute atomic E-state index is 0.0324. The number of methoxy groups -OCH3 is 1. The van der Waals surface area contributed by atoms with Gasteiger partial charge >= 0.3 is 5.97 Å². The number of carbonyl (C=O) groups excluding carboxylic acids is 2. The Morgan fingerprint density at radius 3 is 2.79 bits per heavy atom. The van der Waals surface area contributed by atoms with Crippen LogP contribution in [-0.2, 0) is 14.3 Å². The molecule has 0 fully saturated rings. The van der Waals surface area contributed by atoms with Crippen molar-refractivity contribution in [2.75, 3.05) is 19.1 Å². The van der Waals surface area contributed by atoms with Gasteiger partial charge in [-0.2, -0.15) is 0 Å². The fourth-order valence-electron chi connectivity index (χ4n) is 1.48. The normalized spacial score (nSPS) is 11.4. The molecule has 0 bridgehead atoms. The van der Waals surface area contributed by atoms with E-state index in [2.05, 4.69) is 9.72 Å². The van der Waals surface area contributed by atoms with Crippen molar-refractivity contribution in [1.82, 2.24) is 4.98 Å². The van der Waals surface area contributed by atoms with Crippen molar-refractivity contribution in [3.63, 3.8) is 0 Å². The fourth-order valence-corrected chi connectivity index (χ4v) is 1.48. The number of nitrogens with zero attached hydrogens (tertiary/aromatic N) is 2. The number of carbonyl (C=O) groups is 2. The van der Waals surface area contributed by atoms with E-state index < -0.39 is 5.97 Å². The van der Waals surface area contributed by atoms with E-state index in [1.54, 1.807) is 18.5 Å². The lowest BCUT2D eigenvalue weighted by Crippen LogP contribution is -2.10. The van der Waals surface area contributed by atoms with E-state index in [1.165, 1.54) is 13.2 Å². The average molecular weight is 260 g/mol. The van der Waals surface area contributed by atoms with E-state index >= 15 is 0 Å². The second kappa shape index (κ2) is 7.10. The van der Waals surface area contributed by atoms with Gasteiger partial charge in [-0.1, -0.05) is 0 Å². The topological polar surface area (TPSA) is 59.5 Å². The van der Waals surface area contributed by atoms with Crippen molar-refractivity contribution in [2.45, 2.75) is 6.92 Å². The molecule has 0 saturated carbocycles. The molecule has 1 rings (SSSR count). The summed E-state index contributed by atoms with van der Waals surface area (Å²) in [5, 5.41) is 0.